The molecular formula is C43H53IrN2O2S-. The van der Waals surface area contributed by atoms with Gasteiger partial charge in [0.2, 0.25) is 0 Å². The summed E-state index contributed by atoms with van der Waals surface area (Å²) in [5.41, 5.74) is 6.80. The molecule has 0 aliphatic carbocycles. The molecule has 0 saturated carbocycles. The van der Waals surface area contributed by atoms with Gasteiger partial charge in [0.15, 0.2) is 5.78 Å². The summed E-state index contributed by atoms with van der Waals surface area (Å²) in [7, 11) is 0. The molecule has 0 bridgehead atoms. The molecule has 0 saturated heterocycles. The van der Waals surface area contributed by atoms with E-state index in [4.69, 9.17) is 0 Å². The number of nitrogens with zero attached hydrogens (tertiary/aromatic N) is 2. The minimum Gasteiger partial charge on any atom is -0.512 e. The van der Waals surface area contributed by atoms with Crippen LogP contribution in [0.4, 0.5) is 0 Å². The Morgan fingerprint density at radius 2 is 1.53 bits per heavy atom. The first kappa shape index (κ1) is 40.3. The fraction of sp³-hybridized carbons (Fsp3) is 0.419. The van der Waals surface area contributed by atoms with Gasteiger partial charge in [-0.1, -0.05) is 104 Å². The van der Waals surface area contributed by atoms with Crippen LogP contribution in [0.5, 0.6) is 0 Å². The summed E-state index contributed by atoms with van der Waals surface area (Å²) >= 11 is 1.82. The van der Waals surface area contributed by atoms with Crippen LogP contribution in [-0.2, 0) is 36.7 Å². The minimum atomic E-state index is 0. The maximum atomic E-state index is 11.7. The molecule has 0 fully saturated rings. The maximum absolute atomic E-state index is 11.7. The molecule has 49 heavy (non-hydrogen) atoms. The first-order chi connectivity index (χ1) is 22.9. The summed E-state index contributed by atoms with van der Waals surface area (Å²) in [6.07, 6.45) is 7.68. The number of hydrogen-bond acceptors (Lipinski definition) is 5. The van der Waals surface area contributed by atoms with E-state index in [1.807, 2.05) is 39.0 Å². The van der Waals surface area contributed by atoms with Crippen LogP contribution in [0.1, 0.15) is 99.1 Å². The molecule has 2 aromatic heterocycles. The summed E-state index contributed by atoms with van der Waals surface area (Å²) in [6, 6.07) is 23.2. The van der Waals surface area contributed by atoms with Gasteiger partial charge in [0, 0.05) is 59.4 Å². The number of rotatable bonds is 11. The molecule has 0 aliphatic rings. The van der Waals surface area contributed by atoms with Crippen molar-refractivity contribution in [3.05, 3.63) is 95.3 Å². The number of aliphatic hydroxyl groups is 1. The Labute approximate surface area is 311 Å². The molecule has 6 heteroatoms. The van der Waals surface area contributed by atoms with Gasteiger partial charge in [0.05, 0.1) is 11.5 Å². The topological polar surface area (TPSA) is 63.1 Å². The van der Waals surface area contributed by atoms with Crippen molar-refractivity contribution in [3.8, 4) is 22.5 Å². The summed E-state index contributed by atoms with van der Waals surface area (Å²) in [6.45, 7) is 19.4. The van der Waals surface area contributed by atoms with Crippen molar-refractivity contribution in [2.24, 2.45) is 17.8 Å². The van der Waals surface area contributed by atoms with Gasteiger partial charge in [0.1, 0.15) is 6.33 Å². The first-order valence-corrected chi connectivity index (χ1v) is 18.5. The molecule has 0 unspecified atom stereocenters. The Balaban J connectivity index is 0.000000347. The predicted octanol–water partition coefficient (Wildman–Crippen LogP) is 12.3. The van der Waals surface area contributed by atoms with Gasteiger partial charge in [-0.2, -0.15) is 0 Å². The van der Waals surface area contributed by atoms with E-state index >= 15 is 0 Å². The van der Waals surface area contributed by atoms with Crippen LogP contribution in [0.25, 0.3) is 43.4 Å². The maximum Gasteiger partial charge on any atom is 0.162 e. The van der Waals surface area contributed by atoms with E-state index in [1.54, 1.807) is 6.33 Å². The summed E-state index contributed by atoms with van der Waals surface area (Å²) in [5.74, 6) is 1.18. The Kier molecular flexibility index (Phi) is 14.9. The third-order valence-electron chi connectivity index (χ3n) is 9.21. The third-order valence-corrected chi connectivity index (χ3v) is 10.2. The summed E-state index contributed by atoms with van der Waals surface area (Å²) in [5, 5.41) is 15.6. The molecule has 5 rings (SSSR count). The number of aliphatic hydroxyl groups excluding tert-OH is 1. The number of ketones is 1. The number of fused-ring (bicyclic) bond motifs is 2. The standard InChI is InChI=1S/C30H29N2S.C13H24O2.Ir/c1-19(2)14-21-10-11-24(25-12-13-33-29(21)25)28-17-27(31-18-32-28)22-15-20-8-6-7-9-23(20)26(16-22)30(3,4)5;1-5-10(6-2)12(14)9-13(15)11(7-3)8-4;/h6-13,16-19H,14H2,1-5H3;9-11,14H,5-8H2,1-4H3;/q-1;;/b;12-9-;. The van der Waals surface area contributed by atoms with Gasteiger partial charge in [-0.15, -0.1) is 40.5 Å². The van der Waals surface area contributed by atoms with Crippen molar-refractivity contribution < 1.29 is 30.0 Å². The Morgan fingerprint density at radius 3 is 2.16 bits per heavy atom. The zero-order valence-electron chi connectivity index (χ0n) is 30.7. The molecule has 0 amide bonds. The van der Waals surface area contributed by atoms with Gasteiger partial charge in [0.25, 0.3) is 0 Å². The largest absolute Gasteiger partial charge is 0.512 e. The molecule has 3 aromatic carbocycles. The third kappa shape index (κ3) is 9.96. The number of benzene rings is 3. The number of aromatic nitrogens is 2. The molecule has 0 spiro atoms. The molecule has 2 heterocycles. The minimum absolute atomic E-state index is 0. The van der Waals surface area contributed by atoms with Gasteiger partial charge >= 0.3 is 0 Å². The van der Waals surface area contributed by atoms with Crippen LogP contribution in [0, 0.1) is 23.8 Å². The smallest absolute Gasteiger partial charge is 0.162 e. The summed E-state index contributed by atoms with van der Waals surface area (Å²) in [4.78, 5) is 21.0. The fourth-order valence-electron chi connectivity index (χ4n) is 6.36. The fourth-order valence-corrected chi connectivity index (χ4v) is 7.31. The van der Waals surface area contributed by atoms with Crippen LogP contribution >= 0.6 is 11.3 Å². The zero-order valence-corrected chi connectivity index (χ0v) is 33.9. The van der Waals surface area contributed by atoms with E-state index in [2.05, 4.69) is 111 Å². The predicted molar refractivity (Wildman–Crippen MR) is 206 cm³/mol. The molecular weight excluding hydrogens is 801 g/mol. The number of carbonyl (C=O) groups excluding carboxylic acids is 1. The number of allylic oxidation sites excluding steroid dienone is 2. The number of thiophene rings is 1. The summed E-state index contributed by atoms with van der Waals surface area (Å²) < 4.78 is 1.37. The SMILES string of the molecule is CC(C)Cc1ccc(-c2cc(-c3[c-]c4ccccc4c(C(C)(C)C)c3)ncn2)c2ccsc12.CCC(CC)C(=O)/C=C(\O)C(CC)CC.[Ir]. The van der Waals surface area contributed by atoms with Crippen LogP contribution in [0.2, 0.25) is 0 Å². The second-order valence-corrected chi connectivity index (χ2v) is 15.1. The van der Waals surface area contributed by atoms with Crippen LogP contribution in [-0.4, -0.2) is 20.9 Å². The molecule has 4 nitrogen and oxygen atoms in total. The van der Waals surface area contributed by atoms with E-state index in [0.29, 0.717) is 5.92 Å². The van der Waals surface area contributed by atoms with Gasteiger partial charge in [-0.3, -0.25) is 9.78 Å². The molecule has 0 aliphatic heterocycles. The Morgan fingerprint density at radius 1 is 0.878 bits per heavy atom. The van der Waals surface area contributed by atoms with Gasteiger partial charge in [-0.05, 0) is 66.5 Å². The van der Waals surface area contributed by atoms with E-state index < -0.39 is 0 Å². The van der Waals surface area contributed by atoms with Crippen molar-refractivity contribution in [3.63, 3.8) is 0 Å². The van der Waals surface area contributed by atoms with E-state index in [0.717, 1.165) is 54.4 Å². The average molecular weight is 854 g/mol. The molecule has 0 atom stereocenters. The molecule has 263 valence electrons. The molecule has 5 aromatic rings. The van der Waals surface area contributed by atoms with Gasteiger partial charge in [-0.25, -0.2) is 4.98 Å². The normalized spacial score (nSPS) is 12.0. The zero-order chi connectivity index (χ0) is 35.0. The van der Waals surface area contributed by atoms with Gasteiger partial charge < -0.3 is 5.11 Å². The van der Waals surface area contributed by atoms with Crippen molar-refractivity contribution in [2.75, 3.05) is 0 Å². The van der Waals surface area contributed by atoms with Crippen molar-refractivity contribution in [2.45, 2.75) is 99.8 Å². The Bertz CT molecular complexity index is 1860. The molecule has 1 N–H and O–H groups in total. The molecule has 1 radical (unpaired) electrons. The first-order valence-electron chi connectivity index (χ1n) is 17.6. The van der Waals surface area contributed by atoms with E-state index in [1.165, 1.54) is 38.2 Å². The number of carbonyl (C=O) groups is 1. The van der Waals surface area contributed by atoms with Crippen LogP contribution < -0.4 is 0 Å². The Hall–Kier alpha value is -3.18. The van der Waals surface area contributed by atoms with Crippen molar-refractivity contribution >= 4 is 38.0 Å². The van der Waals surface area contributed by atoms with E-state index in [9.17, 15) is 9.90 Å². The second-order valence-electron chi connectivity index (χ2n) is 14.2. The quantitative estimate of drug-likeness (QED) is 0.0817. The average Bonchev–Trinajstić information content (AvgIpc) is 3.56. The van der Waals surface area contributed by atoms with Crippen LogP contribution in [0.15, 0.2) is 78.1 Å². The van der Waals surface area contributed by atoms with Crippen molar-refractivity contribution in [1.29, 1.82) is 0 Å². The number of hydrogen-bond donors (Lipinski definition) is 1. The van der Waals surface area contributed by atoms with Crippen molar-refractivity contribution in [1.82, 2.24) is 9.97 Å². The monoisotopic (exact) mass is 854 g/mol. The van der Waals surface area contributed by atoms with E-state index in [-0.39, 0.29) is 48.9 Å². The second kappa shape index (κ2) is 18.2. The van der Waals surface area contributed by atoms with Crippen LogP contribution in [0.3, 0.4) is 0 Å².